The van der Waals surface area contributed by atoms with Gasteiger partial charge in [-0.15, -0.1) is 0 Å². The lowest BCUT2D eigenvalue weighted by Gasteiger charge is -2.17. The van der Waals surface area contributed by atoms with Crippen LogP contribution in [-0.4, -0.2) is 16.5 Å². The number of hydrogen-bond acceptors (Lipinski definition) is 3. The normalized spacial score (nSPS) is 12.4. The van der Waals surface area contributed by atoms with E-state index in [0.29, 0.717) is 0 Å². The molecule has 1 atom stereocenters. The Morgan fingerprint density at radius 2 is 2.24 bits per heavy atom. The molecule has 4 heteroatoms. The van der Waals surface area contributed by atoms with E-state index in [0.717, 1.165) is 12.2 Å². The van der Waals surface area contributed by atoms with Gasteiger partial charge in [-0.25, -0.2) is 0 Å². The number of halogens is 1. The zero-order valence-corrected chi connectivity index (χ0v) is 11.8. The van der Waals surface area contributed by atoms with Crippen LogP contribution in [0.3, 0.4) is 0 Å². The van der Waals surface area contributed by atoms with Crippen LogP contribution < -0.4 is 5.32 Å². The molecule has 0 saturated heterocycles. The molecule has 0 amide bonds. The van der Waals surface area contributed by atoms with Crippen LogP contribution in [0.5, 0.6) is 0 Å². The SMILES string of the molecule is CCNC(c1cccc(I)c1)c1cnccn1. The van der Waals surface area contributed by atoms with Gasteiger partial charge in [0, 0.05) is 16.0 Å². The predicted octanol–water partition coefficient (Wildman–Crippen LogP) is 2.78. The minimum absolute atomic E-state index is 0.114. The summed E-state index contributed by atoms with van der Waals surface area (Å²) in [4.78, 5) is 8.51. The molecule has 1 heterocycles. The molecular weight excluding hydrogens is 325 g/mol. The van der Waals surface area contributed by atoms with E-state index in [4.69, 9.17) is 0 Å². The molecule has 0 radical (unpaired) electrons. The lowest BCUT2D eigenvalue weighted by Crippen LogP contribution is -2.23. The van der Waals surface area contributed by atoms with E-state index in [1.165, 1.54) is 9.13 Å². The molecule has 1 N–H and O–H groups in total. The van der Waals surface area contributed by atoms with Gasteiger partial charge in [0.1, 0.15) is 0 Å². The topological polar surface area (TPSA) is 37.8 Å². The van der Waals surface area contributed by atoms with Gasteiger partial charge < -0.3 is 5.32 Å². The third-order valence-corrected chi connectivity index (χ3v) is 3.14. The summed E-state index contributed by atoms with van der Waals surface area (Å²) in [7, 11) is 0. The second kappa shape index (κ2) is 6.07. The minimum Gasteiger partial charge on any atom is -0.305 e. The first-order valence-electron chi connectivity index (χ1n) is 5.56. The lowest BCUT2D eigenvalue weighted by atomic mass is 10.0. The van der Waals surface area contributed by atoms with E-state index in [2.05, 4.69) is 69.1 Å². The molecule has 1 unspecified atom stereocenters. The van der Waals surface area contributed by atoms with Gasteiger partial charge in [0.05, 0.1) is 17.9 Å². The number of rotatable bonds is 4. The quantitative estimate of drug-likeness (QED) is 0.871. The number of nitrogens with zero attached hydrogens (tertiary/aromatic N) is 2. The summed E-state index contributed by atoms with van der Waals surface area (Å²) >= 11 is 2.32. The molecule has 0 fully saturated rings. The first-order valence-corrected chi connectivity index (χ1v) is 6.64. The summed E-state index contributed by atoms with van der Waals surface area (Å²) in [6.45, 7) is 2.99. The van der Waals surface area contributed by atoms with Crippen molar-refractivity contribution in [2.24, 2.45) is 0 Å². The third-order valence-electron chi connectivity index (χ3n) is 2.47. The smallest absolute Gasteiger partial charge is 0.0801 e. The Bertz CT molecular complexity index is 473. The van der Waals surface area contributed by atoms with Crippen molar-refractivity contribution in [1.29, 1.82) is 0 Å². The first kappa shape index (κ1) is 12.4. The highest BCUT2D eigenvalue weighted by Gasteiger charge is 2.14. The van der Waals surface area contributed by atoms with E-state index in [9.17, 15) is 0 Å². The highest BCUT2D eigenvalue weighted by atomic mass is 127. The molecule has 1 aromatic carbocycles. The van der Waals surface area contributed by atoms with E-state index in [-0.39, 0.29) is 6.04 Å². The van der Waals surface area contributed by atoms with Crippen LogP contribution in [0.4, 0.5) is 0 Å². The molecule has 0 aliphatic rings. The standard InChI is InChI=1S/C13H14IN3/c1-2-16-13(12-9-15-6-7-17-12)10-4-3-5-11(14)8-10/h3-9,13,16H,2H2,1H3. The highest BCUT2D eigenvalue weighted by molar-refractivity contribution is 14.1. The van der Waals surface area contributed by atoms with Crippen molar-refractivity contribution < 1.29 is 0 Å². The molecule has 1 aromatic heterocycles. The molecule has 3 nitrogen and oxygen atoms in total. The molecule has 2 rings (SSSR count). The molecule has 2 aromatic rings. The van der Waals surface area contributed by atoms with Crippen LogP contribution >= 0.6 is 22.6 Å². The second-order valence-corrected chi connectivity index (χ2v) is 4.92. The lowest BCUT2D eigenvalue weighted by molar-refractivity contribution is 0.612. The summed E-state index contributed by atoms with van der Waals surface area (Å²) in [6.07, 6.45) is 5.24. The van der Waals surface area contributed by atoms with Crippen molar-refractivity contribution in [3.8, 4) is 0 Å². The van der Waals surface area contributed by atoms with Gasteiger partial charge >= 0.3 is 0 Å². The average molecular weight is 339 g/mol. The molecule has 0 bridgehead atoms. The Kier molecular flexibility index (Phi) is 4.44. The molecule has 17 heavy (non-hydrogen) atoms. The van der Waals surface area contributed by atoms with Gasteiger partial charge in [0.2, 0.25) is 0 Å². The summed E-state index contributed by atoms with van der Waals surface area (Å²) in [5, 5.41) is 3.44. The fraction of sp³-hybridized carbons (Fsp3) is 0.231. The second-order valence-electron chi connectivity index (χ2n) is 3.68. The fourth-order valence-electron chi connectivity index (χ4n) is 1.74. The van der Waals surface area contributed by atoms with Crippen LogP contribution in [0.15, 0.2) is 42.9 Å². The minimum atomic E-state index is 0.114. The maximum absolute atomic E-state index is 4.38. The number of benzene rings is 1. The zero-order chi connectivity index (χ0) is 12.1. The van der Waals surface area contributed by atoms with Gasteiger partial charge in [0.15, 0.2) is 0 Å². The molecule has 0 aliphatic carbocycles. The Morgan fingerprint density at radius 1 is 1.35 bits per heavy atom. The molecule has 0 saturated carbocycles. The molecule has 88 valence electrons. The van der Waals surface area contributed by atoms with Crippen LogP contribution in [0, 0.1) is 3.57 Å². The van der Waals surface area contributed by atoms with Gasteiger partial charge in [-0.2, -0.15) is 0 Å². The number of hydrogen-bond donors (Lipinski definition) is 1. The van der Waals surface area contributed by atoms with Gasteiger partial charge in [-0.3, -0.25) is 9.97 Å². The van der Waals surface area contributed by atoms with Gasteiger partial charge in [0.25, 0.3) is 0 Å². The van der Waals surface area contributed by atoms with Crippen molar-refractivity contribution in [3.05, 3.63) is 57.7 Å². The predicted molar refractivity (Wildman–Crippen MR) is 76.7 cm³/mol. The maximum Gasteiger partial charge on any atom is 0.0801 e. The van der Waals surface area contributed by atoms with Gasteiger partial charge in [-0.05, 0) is 46.8 Å². The largest absolute Gasteiger partial charge is 0.305 e. The fourth-order valence-corrected chi connectivity index (χ4v) is 2.31. The third kappa shape index (κ3) is 3.23. The van der Waals surface area contributed by atoms with E-state index >= 15 is 0 Å². The van der Waals surface area contributed by atoms with E-state index < -0.39 is 0 Å². The Morgan fingerprint density at radius 3 is 2.88 bits per heavy atom. The first-order chi connectivity index (χ1) is 8.31. The van der Waals surface area contributed by atoms with Crippen LogP contribution in [0.2, 0.25) is 0 Å². The summed E-state index contributed by atoms with van der Waals surface area (Å²) < 4.78 is 1.23. The Labute approximate surface area is 115 Å². The average Bonchev–Trinajstić information content (AvgIpc) is 2.37. The summed E-state index contributed by atoms with van der Waals surface area (Å²) in [6, 6.07) is 8.55. The van der Waals surface area contributed by atoms with Gasteiger partial charge in [-0.1, -0.05) is 19.1 Å². The highest BCUT2D eigenvalue weighted by Crippen LogP contribution is 2.21. The van der Waals surface area contributed by atoms with Crippen molar-refractivity contribution in [3.63, 3.8) is 0 Å². The summed E-state index contributed by atoms with van der Waals surface area (Å²) in [5.41, 5.74) is 2.18. The monoisotopic (exact) mass is 339 g/mol. The van der Waals surface area contributed by atoms with Crippen molar-refractivity contribution in [1.82, 2.24) is 15.3 Å². The van der Waals surface area contributed by atoms with E-state index in [1.807, 2.05) is 6.20 Å². The maximum atomic E-state index is 4.38. The Hall–Kier alpha value is -1.01. The van der Waals surface area contributed by atoms with Crippen LogP contribution in [0.25, 0.3) is 0 Å². The van der Waals surface area contributed by atoms with Crippen LogP contribution in [0.1, 0.15) is 24.2 Å². The Balaban J connectivity index is 2.35. The van der Waals surface area contributed by atoms with E-state index in [1.54, 1.807) is 12.4 Å². The van der Waals surface area contributed by atoms with Crippen molar-refractivity contribution >= 4 is 22.6 Å². The van der Waals surface area contributed by atoms with Crippen molar-refractivity contribution in [2.75, 3.05) is 6.54 Å². The zero-order valence-electron chi connectivity index (χ0n) is 9.60. The van der Waals surface area contributed by atoms with Crippen molar-refractivity contribution in [2.45, 2.75) is 13.0 Å². The number of aromatic nitrogens is 2. The summed E-state index contributed by atoms with van der Waals surface area (Å²) in [5.74, 6) is 0. The molecule has 0 aliphatic heterocycles. The molecule has 0 spiro atoms. The number of nitrogens with one attached hydrogen (secondary N) is 1. The van der Waals surface area contributed by atoms with Crippen LogP contribution in [-0.2, 0) is 0 Å². The molecular formula is C13H14IN3.